The number of thiophene rings is 1. The Hall–Kier alpha value is -3.83. The third-order valence-corrected chi connectivity index (χ3v) is 6.90. The van der Waals surface area contributed by atoms with E-state index >= 15 is 0 Å². The Balaban J connectivity index is 1.67. The average Bonchev–Trinajstić information content (AvgIpc) is 3.34. The van der Waals surface area contributed by atoms with Gasteiger partial charge in [0, 0.05) is 38.0 Å². The zero-order valence-electron chi connectivity index (χ0n) is 15.8. The van der Waals surface area contributed by atoms with E-state index in [-0.39, 0.29) is 0 Å². The van der Waals surface area contributed by atoms with Gasteiger partial charge in [0.15, 0.2) is 0 Å². The van der Waals surface area contributed by atoms with Crippen molar-refractivity contribution >= 4 is 64.5 Å². The minimum absolute atomic E-state index is 0.879. The molecule has 0 aliphatic heterocycles. The van der Waals surface area contributed by atoms with E-state index < -0.39 is 0 Å². The summed E-state index contributed by atoms with van der Waals surface area (Å²) in [5, 5.41) is 3.77. The van der Waals surface area contributed by atoms with Gasteiger partial charge >= 0.3 is 0 Å². The first-order valence-electron chi connectivity index (χ1n) is 9.80. The predicted molar refractivity (Wildman–Crippen MR) is 125 cm³/mol. The minimum atomic E-state index is 0.879. The van der Waals surface area contributed by atoms with Crippen LogP contribution in [0.3, 0.4) is 0 Å². The molecular formula is C25H14N4S. The maximum absolute atomic E-state index is 4.92. The van der Waals surface area contributed by atoms with Crippen LogP contribution >= 0.6 is 11.3 Å². The highest BCUT2D eigenvalue weighted by Gasteiger charge is 2.18. The molecular weight excluding hydrogens is 388 g/mol. The van der Waals surface area contributed by atoms with Gasteiger partial charge in [-0.25, -0.2) is 4.98 Å². The van der Waals surface area contributed by atoms with E-state index in [1.54, 1.807) is 6.20 Å². The molecule has 0 N–H and O–H groups in total. The number of pyridine rings is 3. The molecule has 5 heterocycles. The van der Waals surface area contributed by atoms with Gasteiger partial charge in [-0.15, -0.1) is 11.3 Å². The number of rotatable bonds is 1. The van der Waals surface area contributed by atoms with E-state index in [1.807, 2.05) is 47.9 Å². The zero-order valence-corrected chi connectivity index (χ0v) is 16.6. The lowest BCUT2D eigenvalue weighted by Gasteiger charge is -2.07. The second-order valence-electron chi connectivity index (χ2n) is 7.35. The largest absolute Gasteiger partial charge is 0.292 e. The van der Waals surface area contributed by atoms with Crippen molar-refractivity contribution in [3.63, 3.8) is 0 Å². The van der Waals surface area contributed by atoms with Crippen LogP contribution in [0.25, 0.3) is 59.0 Å². The molecule has 7 rings (SSSR count). The molecule has 140 valence electrons. The third kappa shape index (κ3) is 2.07. The topological polar surface area (TPSA) is 43.6 Å². The van der Waals surface area contributed by atoms with E-state index in [1.165, 1.54) is 25.6 Å². The molecule has 0 saturated carbocycles. The van der Waals surface area contributed by atoms with Crippen molar-refractivity contribution in [3.05, 3.63) is 85.2 Å². The van der Waals surface area contributed by atoms with Gasteiger partial charge < -0.3 is 0 Å². The molecule has 4 nitrogen and oxygen atoms in total. The summed E-state index contributed by atoms with van der Waals surface area (Å²) < 4.78 is 4.79. The normalized spacial score (nSPS) is 12.0. The molecule has 0 bridgehead atoms. The van der Waals surface area contributed by atoms with Crippen LogP contribution in [0.5, 0.6) is 0 Å². The summed E-state index contributed by atoms with van der Waals surface area (Å²) in [6, 6.07) is 25.1. The van der Waals surface area contributed by atoms with Gasteiger partial charge in [0.25, 0.3) is 0 Å². The Morgan fingerprint density at radius 3 is 2.57 bits per heavy atom. The van der Waals surface area contributed by atoms with Gasteiger partial charge in [-0.05, 0) is 48.5 Å². The Morgan fingerprint density at radius 2 is 1.57 bits per heavy atom. The van der Waals surface area contributed by atoms with Gasteiger partial charge in [-0.2, -0.15) is 0 Å². The number of hydrogen-bond donors (Lipinski definition) is 0. The van der Waals surface area contributed by atoms with Crippen LogP contribution in [0.15, 0.2) is 85.2 Å². The monoisotopic (exact) mass is 402 g/mol. The van der Waals surface area contributed by atoms with Crippen LogP contribution in [0, 0.1) is 0 Å². The fourth-order valence-corrected chi connectivity index (χ4v) is 5.66. The first-order chi connectivity index (χ1) is 14.9. The van der Waals surface area contributed by atoms with E-state index in [4.69, 9.17) is 9.97 Å². The highest BCUT2D eigenvalue weighted by Crippen LogP contribution is 2.42. The number of aromatic nitrogens is 4. The Labute approximate surface area is 175 Å². The highest BCUT2D eigenvalue weighted by atomic mass is 32.1. The average molecular weight is 402 g/mol. The first-order valence-corrected chi connectivity index (χ1v) is 10.6. The van der Waals surface area contributed by atoms with E-state index in [9.17, 15) is 0 Å². The molecule has 7 aromatic rings. The molecule has 0 radical (unpaired) electrons. The van der Waals surface area contributed by atoms with Crippen LogP contribution in [-0.4, -0.2) is 19.5 Å². The molecule has 30 heavy (non-hydrogen) atoms. The van der Waals surface area contributed by atoms with Crippen LogP contribution in [0.4, 0.5) is 0 Å². The summed E-state index contributed by atoms with van der Waals surface area (Å²) in [5.41, 5.74) is 4.98. The van der Waals surface area contributed by atoms with Crippen molar-refractivity contribution in [1.82, 2.24) is 19.5 Å². The molecule has 5 aromatic heterocycles. The zero-order chi connectivity index (χ0) is 19.7. The molecule has 0 atom stereocenters. The van der Waals surface area contributed by atoms with Crippen LogP contribution in [0.2, 0.25) is 0 Å². The highest BCUT2D eigenvalue weighted by molar-refractivity contribution is 7.26. The summed E-state index contributed by atoms with van der Waals surface area (Å²) in [5.74, 6) is 0.879. The summed E-state index contributed by atoms with van der Waals surface area (Å²) >= 11 is 1.83. The Morgan fingerprint density at radius 1 is 0.667 bits per heavy atom. The fourth-order valence-electron chi connectivity index (χ4n) is 4.41. The van der Waals surface area contributed by atoms with E-state index in [2.05, 4.69) is 52.0 Å². The lowest BCUT2D eigenvalue weighted by atomic mass is 10.1. The molecule has 0 amide bonds. The van der Waals surface area contributed by atoms with Crippen molar-refractivity contribution in [2.75, 3.05) is 0 Å². The van der Waals surface area contributed by atoms with Crippen molar-refractivity contribution in [2.24, 2.45) is 0 Å². The summed E-state index contributed by atoms with van der Waals surface area (Å²) in [6.45, 7) is 0. The van der Waals surface area contributed by atoms with Gasteiger partial charge in [-0.3, -0.25) is 14.5 Å². The maximum atomic E-state index is 4.92. The van der Waals surface area contributed by atoms with Crippen LogP contribution in [0.1, 0.15) is 0 Å². The molecule has 2 aromatic carbocycles. The molecule has 0 saturated heterocycles. The SMILES string of the molecule is c1cnc2ccc(-n3c4cccnc4c4c5sc6ccccc6c5ccc43)nc2c1. The van der Waals surface area contributed by atoms with Gasteiger partial charge in [0.2, 0.25) is 0 Å². The summed E-state index contributed by atoms with van der Waals surface area (Å²) in [4.78, 5) is 14.1. The molecule has 0 fully saturated rings. The molecule has 5 heteroatoms. The second kappa shape index (κ2) is 5.84. The number of fused-ring (bicyclic) bond motifs is 8. The lowest BCUT2D eigenvalue weighted by Crippen LogP contribution is -1.98. The molecule has 0 unspecified atom stereocenters. The first kappa shape index (κ1) is 16.0. The quantitative estimate of drug-likeness (QED) is 0.315. The van der Waals surface area contributed by atoms with Crippen molar-refractivity contribution in [3.8, 4) is 5.82 Å². The number of benzene rings is 2. The molecule has 0 aliphatic rings. The lowest BCUT2D eigenvalue weighted by molar-refractivity contribution is 1.10. The third-order valence-electron chi connectivity index (χ3n) is 5.70. The Bertz CT molecular complexity index is 1760. The van der Waals surface area contributed by atoms with Gasteiger partial charge in [0.05, 0.1) is 27.6 Å². The predicted octanol–water partition coefficient (Wildman–Crippen LogP) is 6.49. The number of nitrogens with zero attached hydrogens (tertiary/aromatic N) is 4. The van der Waals surface area contributed by atoms with Gasteiger partial charge in [0.1, 0.15) is 5.82 Å². The summed E-state index contributed by atoms with van der Waals surface area (Å²) in [7, 11) is 0. The minimum Gasteiger partial charge on any atom is -0.292 e. The van der Waals surface area contributed by atoms with E-state index in [0.717, 1.165) is 33.4 Å². The second-order valence-corrected chi connectivity index (χ2v) is 8.40. The van der Waals surface area contributed by atoms with Crippen molar-refractivity contribution < 1.29 is 0 Å². The van der Waals surface area contributed by atoms with Gasteiger partial charge in [-0.1, -0.05) is 24.3 Å². The van der Waals surface area contributed by atoms with Crippen molar-refractivity contribution in [2.45, 2.75) is 0 Å². The fraction of sp³-hybridized carbons (Fsp3) is 0. The smallest absolute Gasteiger partial charge is 0.138 e. The van der Waals surface area contributed by atoms with Crippen LogP contribution < -0.4 is 0 Å². The molecule has 0 aliphatic carbocycles. The maximum Gasteiger partial charge on any atom is 0.138 e. The molecule has 0 spiro atoms. The van der Waals surface area contributed by atoms with E-state index in [0.29, 0.717) is 0 Å². The van der Waals surface area contributed by atoms with Crippen LogP contribution in [-0.2, 0) is 0 Å². The standard InChI is InChI=1S/C25H14N4S/c1-2-8-21-15(5-1)16-9-11-19-23(25(16)30-21)24-20(7-4-14-27-24)29(19)22-12-10-17-18(28-22)6-3-13-26-17/h1-14H. The number of hydrogen-bond acceptors (Lipinski definition) is 4. The van der Waals surface area contributed by atoms with Crippen molar-refractivity contribution in [1.29, 1.82) is 0 Å². The Kier molecular flexibility index (Phi) is 3.12. The summed E-state index contributed by atoms with van der Waals surface area (Å²) in [6.07, 6.45) is 3.67.